The van der Waals surface area contributed by atoms with Gasteiger partial charge in [0.25, 0.3) is 0 Å². The lowest BCUT2D eigenvalue weighted by Gasteiger charge is -2.22. The van der Waals surface area contributed by atoms with Crippen LogP contribution >= 0.6 is 0 Å². The molecule has 236 valence electrons. The molecule has 2 bridgehead atoms. The Morgan fingerprint density at radius 2 is 0.837 bits per heavy atom. The summed E-state index contributed by atoms with van der Waals surface area (Å²) in [4.78, 5) is 24.9. The van der Waals surface area contributed by atoms with Crippen molar-refractivity contribution in [3.05, 3.63) is 151 Å². The molecule has 0 amide bonds. The molecule has 3 atom stereocenters. The molecule has 2 heterocycles. The van der Waals surface area contributed by atoms with Crippen LogP contribution in [0.4, 0.5) is 0 Å². The molecule has 2 aromatic heterocycles. The van der Waals surface area contributed by atoms with Crippen molar-refractivity contribution in [1.82, 2.24) is 24.9 Å². The minimum atomic E-state index is 0.630. The number of fused-ring (bicyclic) bond motifs is 2. The molecular weight excluding hydrogens is 599 g/mol. The highest BCUT2D eigenvalue weighted by atomic mass is 15.0. The topological polar surface area (TPSA) is 64.5 Å². The lowest BCUT2D eigenvalue weighted by molar-refractivity contribution is 0.420. The van der Waals surface area contributed by atoms with Crippen LogP contribution in [0.3, 0.4) is 0 Å². The maximum atomic E-state index is 5.12. The van der Waals surface area contributed by atoms with Crippen LogP contribution < -0.4 is 0 Å². The summed E-state index contributed by atoms with van der Waals surface area (Å²) < 4.78 is 0. The Morgan fingerprint density at radius 3 is 1.35 bits per heavy atom. The minimum Gasteiger partial charge on any atom is -0.228 e. The monoisotopic (exact) mass is 633 g/mol. The van der Waals surface area contributed by atoms with Gasteiger partial charge in [0, 0.05) is 33.4 Å². The first-order valence-corrected chi connectivity index (χ1v) is 17.3. The molecule has 2 fully saturated rings. The van der Waals surface area contributed by atoms with Crippen molar-refractivity contribution in [3.8, 4) is 68.1 Å². The summed E-state index contributed by atoms with van der Waals surface area (Å²) in [7, 11) is 0. The van der Waals surface area contributed by atoms with Crippen LogP contribution in [0, 0.1) is 11.8 Å². The maximum absolute atomic E-state index is 5.12. The molecule has 5 nitrogen and oxygen atoms in total. The smallest absolute Gasteiger partial charge is 0.164 e. The molecule has 5 aromatic carbocycles. The van der Waals surface area contributed by atoms with E-state index in [2.05, 4.69) is 66.7 Å². The van der Waals surface area contributed by atoms with E-state index in [0.717, 1.165) is 62.4 Å². The lowest BCUT2D eigenvalue weighted by Crippen LogP contribution is -2.08. The molecule has 0 radical (unpaired) electrons. The van der Waals surface area contributed by atoms with Crippen molar-refractivity contribution in [2.45, 2.75) is 31.6 Å². The summed E-state index contributed by atoms with van der Waals surface area (Å²) in [5.74, 6) is 5.05. The zero-order valence-corrected chi connectivity index (χ0v) is 27.2. The number of nitrogens with zero attached hydrogens (tertiary/aromatic N) is 5. The molecule has 0 spiro atoms. The van der Waals surface area contributed by atoms with Crippen LogP contribution in [0.5, 0.6) is 0 Å². The number of rotatable bonds is 7. The molecule has 49 heavy (non-hydrogen) atoms. The van der Waals surface area contributed by atoms with Gasteiger partial charge in [-0.1, -0.05) is 140 Å². The summed E-state index contributed by atoms with van der Waals surface area (Å²) in [6.07, 6.45) is 5.50. The Balaban J connectivity index is 1.10. The zero-order valence-electron chi connectivity index (χ0n) is 27.2. The van der Waals surface area contributed by atoms with E-state index in [1.807, 2.05) is 78.9 Å². The molecule has 0 N–H and O–H groups in total. The molecule has 0 saturated heterocycles. The molecule has 3 unspecified atom stereocenters. The van der Waals surface area contributed by atoms with Crippen molar-refractivity contribution < 1.29 is 0 Å². The van der Waals surface area contributed by atoms with Crippen LogP contribution in [0.1, 0.15) is 37.2 Å². The Bertz CT molecular complexity index is 2180. The van der Waals surface area contributed by atoms with E-state index in [9.17, 15) is 0 Å². The Kier molecular flexibility index (Phi) is 7.58. The van der Waals surface area contributed by atoms with Gasteiger partial charge in [-0.05, 0) is 54.7 Å². The van der Waals surface area contributed by atoms with Crippen LogP contribution in [0.2, 0.25) is 0 Å². The molecule has 0 aliphatic heterocycles. The summed E-state index contributed by atoms with van der Waals surface area (Å²) in [5, 5.41) is 0. The standard InChI is InChI=1S/C44H35N5/c1-4-11-31(12-5-1)41-45-39(28-40(46-41)37-18-10-17-35(27-37)38-26-29-19-20-36(38)25-29)30-21-23-34(24-22-30)44-48-42(32-13-6-2-7-14-32)47-43(49-44)33-15-8-3-9-16-33/h1-18,21-24,27-29,36,38H,19-20,25-26H2. The van der Waals surface area contributed by atoms with E-state index in [0.29, 0.717) is 23.4 Å². The lowest BCUT2D eigenvalue weighted by atomic mass is 9.83. The minimum absolute atomic E-state index is 0.630. The number of hydrogen-bond acceptors (Lipinski definition) is 5. The highest BCUT2D eigenvalue weighted by Crippen LogP contribution is 2.53. The number of aromatic nitrogens is 5. The fourth-order valence-corrected chi connectivity index (χ4v) is 7.77. The molecule has 9 rings (SSSR count). The fourth-order valence-electron chi connectivity index (χ4n) is 7.77. The van der Waals surface area contributed by atoms with Gasteiger partial charge in [-0.25, -0.2) is 24.9 Å². The number of hydrogen-bond donors (Lipinski definition) is 0. The van der Waals surface area contributed by atoms with Gasteiger partial charge in [0.1, 0.15) is 0 Å². The predicted octanol–water partition coefficient (Wildman–Crippen LogP) is 10.6. The molecule has 7 aromatic rings. The van der Waals surface area contributed by atoms with Gasteiger partial charge in [0.15, 0.2) is 23.3 Å². The summed E-state index contributed by atoms with van der Waals surface area (Å²) in [5.41, 5.74) is 9.24. The van der Waals surface area contributed by atoms with Gasteiger partial charge in [0.05, 0.1) is 11.4 Å². The Labute approximate surface area is 286 Å². The fraction of sp³-hybridized carbons (Fsp3) is 0.159. The van der Waals surface area contributed by atoms with Gasteiger partial charge < -0.3 is 0 Å². The van der Waals surface area contributed by atoms with Crippen LogP contribution in [0.25, 0.3) is 68.1 Å². The van der Waals surface area contributed by atoms with Crippen molar-refractivity contribution in [2.24, 2.45) is 11.8 Å². The highest BCUT2D eigenvalue weighted by molar-refractivity contribution is 5.74. The van der Waals surface area contributed by atoms with Crippen LogP contribution in [-0.2, 0) is 0 Å². The predicted molar refractivity (Wildman–Crippen MR) is 196 cm³/mol. The second-order valence-electron chi connectivity index (χ2n) is 13.4. The SMILES string of the molecule is c1ccc(-c2nc(-c3ccc(-c4nc(-c5ccccc5)nc(-c5ccccc5)n4)cc3)cc(-c3cccc(C4CC5CCC4C5)c3)n2)cc1. The average Bonchev–Trinajstić information content (AvgIpc) is 3.84. The van der Waals surface area contributed by atoms with E-state index in [4.69, 9.17) is 24.9 Å². The summed E-state index contributed by atoms with van der Waals surface area (Å²) >= 11 is 0. The summed E-state index contributed by atoms with van der Waals surface area (Å²) in [6.45, 7) is 0. The first kappa shape index (κ1) is 29.3. The van der Waals surface area contributed by atoms with E-state index in [1.165, 1.54) is 31.2 Å². The Hall–Kier alpha value is -5.81. The second-order valence-corrected chi connectivity index (χ2v) is 13.4. The van der Waals surface area contributed by atoms with Gasteiger partial charge in [-0.2, -0.15) is 0 Å². The molecule has 2 aliphatic rings. The van der Waals surface area contributed by atoms with Gasteiger partial charge in [-0.3, -0.25) is 0 Å². The first-order valence-electron chi connectivity index (χ1n) is 17.3. The first-order chi connectivity index (χ1) is 24.2. The van der Waals surface area contributed by atoms with Crippen LogP contribution in [-0.4, -0.2) is 24.9 Å². The van der Waals surface area contributed by atoms with E-state index in [-0.39, 0.29) is 0 Å². The summed E-state index contributed by atoms with van der Waals surface area (Å²) in [6, 6.07) is 50.0. The van der Waals surface area contributed by atoms with Crippen LogP contribution in [0.15, 0.2) is 146 Å². The Morgan fingerprint density at radius 1 is 0.367 bits per heavy atom. The quantitative estimate of drug-likeness (QED) is 0.175. The average molecular weight is 634 g/mol. The van der Waals surface area contributed by atoms with Gasteiger partial charge in [-0.15, -0.1) is 0 Å². The third-order valence-corrected chi connectivity index (χ3v) is 10.2. The van der Waals surface area contributed by atoms with Crippen molar-refractivity contribution in [1.29, 1.82) is 0 Å². The molecule has 5 heteroatoms. The van der Waals surface area contributed by atoms with E-state index in [1.54, 1.807) is 0 Å². The molecule has 2 saturated carbocycles. The van der Waals surface area contributed by atoms with Crippen molar-refractivity contribution in [2.75, 3.05) is 0 Å². The van der Waals surface area contributed by atoms with Gasteiger partial charge in [0.2, 0.25) is 0 Å². The largest absolute Gasteiger partial charge is 0.228 e. The second kappa shape index (κ2) is 12.7. The third-order valence-electron chi connectivity index (χ3n) is 10.2. The third kappa shape index (κ3) is 5.93. The normalized spacial score (nSPS) is 18.1. The zero-order chi connectivity index (χ0) is 32.6. The van der Waals surface area contributed by atoms with Crippen molar-refractivity contribution in [3.63, 3.8) is 0 Å². The molecular formula is C44H35N5. The van der Waals surface area contributed by atoms with Crippen molar-refractivity contribution >= 4 is 0 Å². The highest BCUT2D eigenvalue weighted by Gasteiger charge is 2.40. The number of benzene rings is 5. The van der Waals surface area contributed by atoms with Gasteiger partial charge >= 0.3 is 0 Å². The molecule has 2 aliphatic carbocycles. The van der Waals surface area contributed by atoms with E-state index < -0.39 is 0 Å². The maximum Gasteiger partial charge on any atom is 0.164 e. The van der Waals surface area contributed by atoms with E-state index >= 15 is 0 Å².